The topological polar surface area (TPSA) is 17.0 Å². The lowest BCUT2D eigenvalue weighted by Crippen LogP contribution is -2.18. The van der Waals surface area contributed by atoms with E-state index in [1.54, 1.807) is 6.07 Å². The summed E-state index contributed by atoms with van der Waals surface area (Å²) in [6.07, 6.45) is 2.00. The molecule has 1 heterocycles. The number of halogens is 1. The molecule has 0 radical (unpaired) electrons. The maximum atomic E-state index is 12.9. The van der Waals surface area contributed by atoms with Crippen LogP contribution < -0.4 is 5.32 Å². The summed E-state index contributed by atoms with van der Waals surface area (Å²) >= 11 is 0. The number of nitrogens with zero attached hydrogens (tertiary/aromatic N) is 1. The molecular formula is C12H15FN2. The standard InChI is InChI=1S/C12H15FN2/c1-2-14-6-8-15-7-5-10-9-11(13)3-4-12(10)15/h3-5,7,9,14H,2,6,8H2,1H3. The molecule has 15 heavy (non-hydrogen) atoms. The first-order valence-electron chi connectivity index (χ1n) is 5.26. The van der Waals surface area contributed by atoms with E-state index < -0.39 is 0 Å². The molecule has 1 aromatic heterocycles. The minimum atomic E-state index is -0.174. The van der Waals surface area contributed by atoms with Crippen molar-refractivity contribution < 1.29 is 4.39 Å². The Labute approximate surface area is 88.7 Å². The van der Waals surface area contributed by atoms with Gasteiger partial charge in [-0.1, -0.05) is 6.92 Å². The molecule has 3 heteroatoms. The summed E-state index contributed by atoms with van der Waals surface area (Å²) in [5.74, 6) is -0.174. The van der Waals surface area contributed by atoms with Crippen LogP contribution in [0.2, 0.25) is 0 Å². The van der Waals surface area contributed by atoms with E-state index in [0.717, 1.165) is 30.5 Å². The minimum Gasteiger partial charge on any atom is -0.346 e. The van der Waals surface area contributed by atoms with Gasteiger partial charge in [0.15, 0.2) is 0 Å². The fraction of sp³-hybridized carbons (Fsp3) is 0.333. The van der Waals surface area contributed by atoms with E-state index in [0.29, 0.717) is 0 Å². The second kappa shape index (κ2) is 4.45. The molecule has 0 unspecified atom stereocenters. The van der Waals surface area contributed by atoms with Gasteiger partial charge in [-0.3, -0.25) is 0 Å². The van der Waals surface area contributed by atoms with Gasteiger partial charge in [-0.15, -0.1) is 0 Å². The Kier molecular flexibility index (Phi) is 3.02. The molecule has 0 amide bonds. The first-order valence-corrected chi connectivity index (χ1v) is 5.26. The highest BCUT2D eigenvalue weighted by Gasteiger charge is 2.01. The number of likely N-dealkylation sites (N-methyl/N-ethyl adjacent to an activating group) is 1. The van der Waals surface area contributed by atoms with Gasteiger partial charge in [-0.05, 0) is 30.8 Å². The van der Waals surface area contributed by atoms with Crippen molar-refractivity contribution in [2.24, 2.45) is 0 Å². The van der Waals surface area contributed by atoms with Crippen LogP contribution in [0, 0.1) is 5.82 Å². The molecule has 1 aromatic carbocycles. The van der Waals surface area contributed by atoms with Gasteiger partial charge < -0.3 is 9.88 Å². The van der Waals surface area contributed by atoms with Crippen LogP contribution in [0.15, 0.2) is 30.5 Å². The largest absolute Gasteiger partial charge is 0.346 e. The van der Waals surface area contributed by atoms with Crippen molar-refractivity contribution in [3.63, 3.8) is 0 Å². The van der Waals surface area contributed by atoms with E-state index >= 15 is 0 Å². The Morgan fingerprint density at radius 2 is 2.20 bits per heavy atom. The molecule has 2 rings (SSSR count). The predicted molar refractivity (Wildman–Crippen MR) is 60.4 cm³/mol. The van der Waals surface area contributed by atoms with Gasteiger partial charge in [0.2, 0.25) is 0 Å². The molecule has 0 bridgehead atoms. The number of rotatable bonds is 4. The third-order valence-electron chi connectivity index (χ3n) is 2.51. The summed E-state index contributed by atoms with van der Waals surface area (Å²) in [4.78, 5) is 0. The van der Waals surface area contributed by atoms with Crippen molar-refractivity contribution in [3.05, 3.63) is 36.3 Å². The number of nitrogens with one attached hydrogen (secondary N) is 1. The number of aromatic nitrogens is 1. The molecule has 0 spiro atoms. The molecule has 0 aliphatic carbocycles. The molecule has 0 atom stereocenters. The van der Waals surface area contributed by atoms with Crippen LogP contribution in [0.1, 0.15) is 6.92 Å². The summed E-state index contributed by atoms with van der Waals surface area (Å²) in [6.45, 7) is 4.93. The third-order valence-corrected chi connectivity index (χ3v) is 2.51. The molecule has 1 N–H and O–H groups in total. The number of fused-ring (bicyclic) bond motifs is 1. The molecule has 80 valence electrons. The SMILES string of the molecule is CCNCCn1ccc2cc(F)ccc21. The van der Waals surface area contributed by atoms with Crippen LogP contribution >= 0.6 is 0 Å². The summed E-state index contributed by atoms with van der Waals surface area (Å²) in [7, 11) is 0. The minimum absolute atomic E-state index is 0.174. The van der Waals surface area contributed by atoms with E-state index in [1.165, 1.54) is 6.07 Å². The zero-order valence-electron chi connectivity index (χ0n) is 8.83. The van der Waals surface area contributed by atoms with Crippen molar-refractivity contribution in [3.8, 4) is 0 Å². The Hall–Kier alpha value is -1.35. The number of hydrogen-bond donors (Lipinski definition) is 1. The monoisotopic (exact) mass is 206 g/mol. The van der Waals surface area contributed by atoms with Gasteiger partial charge in [-0.2, -0.15) is 0 Å². The second-order valence-electron chi connectivity index (χ2n) is 3.57. The van der Waals surface area contributed by atoms with Gasteiger partial charge in [-0.25, -0.2) is 4.39 Å². The van der Waals surface area contributed by atoms with Gasteiger partial charge in [0.05, 0.1) is 0 Å². The zero-order chi connectivity index (χ0) is 10.7. The maximum Gasteiger partial charge on any atom is 0.123 e. The van der Waals surface area contributed by atoms with Gasteiger partial charge in [0.25, 0.3) is 0 Å². The predicted octanol–water partition coefficient (Wildman–Crippen LogP) is 2.39. The average molecular weight is 206 g/mol. The smallest absolute Gasteiger partial charge is 0.123 e. The van der Waals surface area contributed by atoms with Crippen LogP contribution in [0.3, 0.4) is 0 Å². The Balaban J connectivity index is 2.21. The Morgan fingerprint density at radius 1 is 1.33 bits per heavy atom. The summed E-state index contributed by atoms with van der Waals surface area (Å²) < 4.78 is 15.1. The molecule has 0 fully saturated rings. The highest BCUT2D eigenvalue weighted by Crippen LogP contribution is 2.16. The van der Waals surface area contributed by atoms with Crippen molar-refractivity contribution in [1.29, 1.82) is 0 Å². The number of hydrogen-bond acceptors (Lipinski definition) is 1. The van der Waals surface area contributed by atoms with Crippen molar-refractivity contribution in [2.45, 2.75) is 13.5 Å². The fourth-order valence-corrected chi connectivity index (χ4v) is 1.74. The lowest BCUT2D eigenvalue weighted by atomic mass is 10.2. The highest BCUT2D eigenvalue weighted by molar-refractivity contribution is 5.80. The second-order valence-corrected chi connectivity index (χ2v) is 3.57. The first-order chi connectivity index (χ1) is 7.31. The van der Waals surface area contributed by atoms with E-state index in [1.807, 2.05) is 18.3 Å². The van der Waals surface area contributed by atoms with Crippen LogP contribution in [0.4, 0.5) is 4.39 Å². The molecule has 0 aliphatic rings. The zero-order valence-corrected chi connectivity index (χ0v) is 8.83. The van der Waals surface area contributed by atoms with E-state index in [4.69, 9.17) is 0 Å². The van der Waals surface area contributed by atoms with Crippen LogP contribution in [0.25, 0.3) is 10.9 Å². The lowest BCUT2D eigenvalue weighted by Gasteiger charge is -2.05. The fourth-order valence-electron chi connectivity index (χ4n) is 1.74. The molecule has 0 aliphatic heterocycles. The van der Waals surface area contributed by atoms with E-state index in [9.17, 15) is 4.39 Å². The Morgan fingerprint density at radius 3 is 3.00 bits per heavy atom. The summed E-state index contributed by atoms with van der Waals surface area (Å²) in [6, 6.07) is 6.85. The molecule has 0 saturated carbocycles. The van der Waals surface area contributed by atoms with E-state index in [-0.39, 0.29) is 5.82 Å². The van der Waals surface area contributed by atoms with Crippen LogP contribution in [-0.4, -0.2) is 17.7 Å². The van der Waals surface area contributed by atoms with Crippen LogP contribution in [0.5, 0.6) is 0 Å². The molecule has 2 aromatic rings. The lowest BCUT2D eigenvalue weighted by molar-refractivity contribution is 0.623. The third kappa shape index (κ3) is 2.18. The summed E-state index contributed by atoms with van der Waals surface area (Å²) in [5.41, 5.74) is 1.09. The average Bonchev–Trinajstić information content (AvgIpc) is 2.61. The van der Waals surface area contributed by atoms with Crippen molar-refractivity contribution in [2.75, 3.05) is 13.1 Å². The van der Waals surface area contributed by atoms with Gasteiger partial charge in [0.1, 0.15) is 5.82 Å². The number of benzene rings is 1. The first kappa shape index (κ1) is 10.2. The maximum absolute atomic E-state index is 12.9. The molecule has 0 saturated heterocycles. The highest BCUT2D eigenvalue weighted by atomic mass is 19.1. The van der Waals surface area contributed by atoms with Crippen LogP contribution in [-0.2, 0) is 6.54 Å². The molecule has 2 nitrogen and oxygen atoms in total. The van der Waals surface area contributed by atoms with Gasteiger partial charge in [0, 0.05) is 30.2 Å². The molecular weight excluding hydrogens is 191 g/mol. The van der Waals surface area contributed by atoms with Crippen molar-refractivity contribution >= 4 is 10.9 Å². The van der Waals surface area contributed by atoms with Crippen molar-refractivity contribution in [1.82, 2.24) is 9.88 Å². The van der Waals surface area contributed by atoms with Gasteiger partial charge >= 0.3 is 0 Å². The Bertz CT molecular complexity index is 448. The van der Waals surface area contributed by atoms with E-state index in [2.05, 4.69) is 16.8 Å². The quantitative estimate of drug-likeness (QED) is 0.760. The normalized spacial score (nSPS) is 11.1. The summed E-state index contributed by atoms with van der Waals surface area (Å²) in [5, 5.41) is 4.23.